The molecule has 0 radical (unpaired) electrons. The normalized spacial score (nSPS) is 16.0. The molecule has 0 heterocycles. The zero-order valence-corrected chi connectivity index (χ0v) is 12.3. The quantitative estimate of drug-likeness (QED) is 0.694. The van der Waals surface area contributed by atoms with Gasteiger partial charge in [-0.25, -0.2) is 0 Å². The maximum Gasteiger partial charge on any atom is 0.0241 e. The van der Waals surface area contributed by atoms with Crippen molar-refractivity contribution in [2.24, 2.45) is 0 Å². The molecule has 0 aliphatic heterocycles. The molecular weight excluding hydrogens is 242 g/mol. The first-order chi connectivity index (χ1) is 8.72. The summed E-state index contributed by atoms with van der Waals surface area (Å²) in [7, 11) is 0. The smallest absolute Gasteiger partial charge is 0.0241 e. The minimum Gasteiger partial charge on any atom is -0.296 e. The van der Waals surface area contributed by atoms with Crippen molar-refractivity contribution in [1.29, 1.82) is 0 Å². The SMILES string of the molecule is Cc1cccc(C)c1CN(CCCCl)C1CCC1. The van der Waals surface area contributed by atoms with Crippen LogP contribution in [0.3, 0.4) is 0 Å². The monoisotopic (exact) mass is 265 g/mol. The Morgan fingerprint density at radius 2 is 1.89 bits per heavy atom. The lowest BCUT2D eigenvalue weighted by Gasteiger charge is -2.38. The van der Waals surface area contributed by atoms with E-state index >= 15 is 0 Å². The third kappa shape index (κ3) is 3.27. The largest absolute Gasteiger partial charge is 0.296 e. The van der Waals surface area contributed by atoms with E-state index in [4.69, 9.17) is 11.6 Å². The van der Waals surface area contributed by atoms with Crippen LogP contribution in [-0.4, -0.2) is 23.4 Å². The molecule has 0 bridgehead atoms. The summed E-state index contributed by atoms with van der Waals surface area (Å²) in [5, 5.41) is 0. The maximum atomic E-state index is 5.85. The molecule has 100 valence electrons. The van der Waals surface area contributed by atoms with E-state index in [0.717, 1.165) is 31.4 Å². The predicted octanol–water partition coefficient (Wildman–Crippen LogP) is 4.29. The Morgan fingerprint density at radius 3 is 2.39 bits per heavy atom. The van der Waals surface area contributed by atoms with Gasteiger partial charge in [-0.3, -0.25) is 4.90 Å². The van der Waals surface area contributed by atoms with Crippen molar-refractivity contribution in [2.75, 3.05) is 12.4 Å². The summed E-state index contributed by atoms with van der Waals surface area (Å²) in [4.78, 5) is 2.64. The highest BCUT2D eigenvalue weighted by Gasteiger charge is 2.25. The molecule has 0 N–H and O–H groups in total. The van der Waals surface area contributed by atoms with Gasteiger partial charge in [0.15, 0.2) is 0 Å². The van der Waals surface area contributed by atoms with Gasteiger partial charge in [0, 0.05) is 18.5 Å². The van der Waals surface area contributed by atoms with E-state index in [2.05, 4.69) is 36.9 Å². The predicted molar refractivity (Wildman–Crippen MR) is 79.3 cm³/mol. The molecule has 1 aromatic rings. The number of rotatable bonds is 6. The first-order valence-corrected chi connectivity index (χ1v) is 7.61. The van der Waals surface area contributed by atoms with Gasteiger partial charge in [-0.05, 0) is 56.3 Å². The molecule has 0 amide bonds. The molecule has 2 heteroatoms. The molecule has 1 aromatic carbocycles. The zero-order valence-electron chi connectivity index (χ0n) is 11.6. The molecule has 1 saturated carbocycles. The lowest BCUT2D eigenvalue weighted by molar-refractivity contribution is 0.119. The van der Waals surface area contributed by atoms with Crippen LogP contribution < -0.4 is 0 Å². The van der Waals surface area contributed by atoms with Gasteiger partial charge in [0.05, 0.1) is 0 Å². The number of benzene rings is 1. The standard InChI is InChI=1S/C16H24ClN/c1-13-6-3-7-14(2)16(13)12-18(11-5-10-17)15-8-4-9-15/h3,6-7,15H,4-5,8-12H2,1-2H3. The summed E-state index contributed by atoms with van der Waals surface area (Å²) in [6.07, 6.45) is 5.23. The van der Waals surface area contributed by atoms with Crippen LogP contribution in [0.15, 0.2) is 18.2 Å². The zero-order chi connectivity index (χ0) is 13.0. The maximum absolute atomic E-state index is 5.85. The highest BCUT2D eigenvalue weighted by molar-refractivity contribution is 6.17. The summed E-state index contributed by atoms with van der Waals surface area (Å²) in [6, 6.07) is 7.40. The fraction of sp³-hybridized carbons (Fsp3) is 0.625. The highest BCUT2D eigenvalue weighted by atomic mass is 35.5. The van der Waals surface area contributed by atoms with Gasteiger partial charge >= 0.3 is 0 Å². The van der Waals surface area contributed by atoms with Crippen molar-refractivity contribution in [3.8, 4) is 0 Å². The van der Waals surface area contributed by atoms with E-state index < -0.39 is 0 Å². The van der Waals surface area contributed by atoms with Crippen LogP contribution in [0.5, 0.6) is 0 Å². The molecule has 18 heavy (non-hydrogen) atoms. The van der Waals surface area contributed by atoms with Crippen molar-refractivity contribution in [1.82, 2.24) is 4.90 Å². The summed E-state index contributed by atoms with van der Waals surface area (Å²) >= 11 is 5.85. The van der Waals surface area contributed by atoms with E-state index in [0.29, 0.717) is 0 Å². The van der Waals surface area contributed by atoms with Gasteiger partial charge < -0.3 is 0 Å². The van der Waals surface area contributed by atoms with Gasteiger partial charge in [0.2, 0.25) is 0 Å². The van der Waals surface area contributed by atoms with Crippen molar-refractivity contribution in [3.05, 3.63) is 34.9 Å². The molecular formula is C16H24ClN. The molecule has 1 nitrogen and oxygen atoms in total. The Kier molecular flexibility index (Phi) is 5.08. The van der Waals surface area contributed by atoms with E-state index in [1.54, 1.807) is 0 Å². The summed E-state index contributed by atoms with van der Waals surface area (Å²) in [6.45, 7) is 6.69. The van der Waals surface area contributed by atoms with E-state index in [9.17, 15) is 0 Å². The Morgan fingerprint density at radius 1 is 1.22 bits per heavy atom. The summed E-state index contributed by atoms with van der Waals surface area (Å²) < 4.78 is 0. The van der Waals surface area contributed by atoms with Gasteiger partial charge in [-0.15, -0.1) is 11.6 Å². The molecule has 2 rings (SSSR count). The Bertz CT molecular complexity index is 364. The first kappa shape index (κ1) is 13.9. The van der Waals surface area contributed by atoms with E-state index in [-0.39, 0.29) is 0 Å². The lowest BCUT2D eigenvalue weighted by Crippen LogP contribution is -2.40. The number of alkyl halides is 1. The van der Waals surface area contributed by atoms with Crippen molar-refractivity contribution >= 4 is 11.6 Å². The topological polar surface area (TPSA) is 3.24 Å². The van der Waals surface area contributed by atoms with E-state index in [1.165, 1.54) is 36.0 Å². The third-order valence-electron chi connectivity index (χ3n) is 4.18. The molecule has 0 aromatic heterocycles. The van der Waals surface area contributed by atoms with Crippen LogP contribution in [0.25, 0.3) is 0 Å². The van der Waals surface area contributed by atoms with Crippen molar-refractivity contribution in [3.63, 3.8) is 0 Å². The number of hydrogen-bond acceptors (Lipinski definition) is 1. The van der Waals surface area contributed by atoms with Crippen LogP contribution in [0.4, 0.5) is 0 Å². The number of halogens is 1. The second-order valence-electron chi connectivity index (χ2n) is 5.47. The highest BCUT2D eigenvalue weighted by Crippen LogP contribution is 2.27. The van der Waals surface area contributed by atoms with Crippen molar-refractivity contribution in [2.45, 2.75) is 52.1 Å². The lowest BCUT2D eigenvalue weighted by atomic mass is 9.90. The molecule has 0 atom stereocenters. The van der Waals surface area contributed by atoms with Crippen LogP contribution in [-0.2, 0) is 6.54 Å². The Labute approximate surface area is 116 Å². The molecule has 0 spiro atoms. The Hall–Kier alpha value is -0.530. The Balaban J connectivity index is 2.07. The fourth-order valence-corrected chi connectivity index (χ4v) is 2.83. The van der Waals surface area contributed by atoms with Gasteiger partial charge in [-0.2, -0.15) is 0 Å². The molecule has 0 saturated heterocycles. The molecule has 1 aliphatic carbocycles. The minimum absolute atomic E-state index is 0.774. The average molecular weight is 266 g/mol. The molecule has 0 unspecified atom stereocenters. The van der Waals surface area contributed by atoms with E-state index in [1.807, 2.05) is 0 Å². The third-order valence-corrected chi connectivity index (χ3v) is 4.44. The van der Waals surface area contributed by atoms with Gasteiger partial charge in [0.1, 0.15) is 0 Å². The van der Waals surface area contributed by atoms with Crippen LogP contribution >= 0.6 is 11.6 Å². The summed E-state index contributed by atoms with van der Waals surface area (Å²) in [5.41, 5.74) is 4.36. The number of hydrogen-bond donors (Lipinski definition) is 0. The van der Waals surface area contributed by atoms with Gasteiger partial charge in [-0.1, -0.05) is 24.6 Å². The summed E-state index contributed by atoms with van der Waals surface area (Å²) in [5.74, 6) is 0.774. The molecule has 1 aliphatic rings. The van der Waals surface area contributed by atoms with Crippen LogP contribution in [0, 0.1) is 13.8 Å². The fourth-order valence-electron chi connectivity index (χ4n) is 2.71. The second-order valence-corrected chi connectivity index (χ2v) is 5.85. The average Bonchev–Trinajstić information content (AvgIpc) is 2.28. The van der Waals surface area contributed by atoms with Gasteiger partial charge in [0.25, 0.3) is 0 Å². The minimum atomic E-state index is 0.774. The second kappa shape index (κ2) is 6.58. The number of nitrogens with zero attached hydrogens (tertiary/aromatic N) is 1. The van der Waals surface area contributed by atoms with Crippen LogP contribution in [0.1, 0.15) is 42.4 Å². The molecule has 1 fully saturated rings. The van der Waals surface area contributed by atoms with Crippen LogP contribution in [0.2, 0.25) is 0 Å². The number of aryl methyl sites for hydroxylation is 2. The van der Waals surface area contributed by atoms with Crippen molar-refractivity contribution < 1.29 is 0 Å². The first-order valence-electron chi connectivity index (χ1n) is 7.07.